The van der Waals surface area contributed by atoms with Gasteiger partial charge in [-0.25, -0.2) is 4.39 Å². The molecule has 40 heavy (non-hydrogen) atoms. The first-order chi connectivity index (χ1) is 19.5. The monoisotopic (exact) mass is 560 g/mol. The molecule has 0 spiro atoms. The van der Waals surface area contributed by atoms with Gasteiger partial charge in [-0.3, -0.25) is 20.0 Å². The standard InChI is InChI=1S/C31H38FN6OP/c1-4-8-23(9-7-18-39-25-11-5-16-35-21-25)36-31(34-3)30-28(33-2)14-15-29(37-30)38-17-6-10-24(38)19-22-20-26(40)12-13-27(22)32/h4-5,7-8,11-16,18,20-21,23-24,28,30H,2,6,9-10,17,19,40H2,1,3H3,(H,34,36)/b8-4-,18-7+. The Morgan fingerprint density at radius 1 is 1.38 bits per heavy atom. The molecule has 9 heteroatoms. The Labute approximate surface area is 239 Å². The summed E-state index contributed by atoms with van der Waals surface area (Å²) >= 11 is 0. The van der Waals surface area contributed by atoms with Crippen LogP contribution < -0.4 is 15.4 Å². The van der Waals surface area contributed by atoms with Crippen LogP contribution in [0.5, 0.6) is 5.75 Å². The number of benzene rings is 1. The van der Waals surface area contributed by atoms with Crippen LogP contribution in [0.15, 0.2) is 94.3 Å². The first-order valence-corrected chi connectivity index (χ1v) is 14.2. The normalized spacial score (nSPS) is 22.1. The lowest BCUT2D eigenvalue weighted by molar-refractivity contribution is 0.380. The molecule has 7 nitrogen and oxygen atoms in total. The molecular formula is C31H38FN6OP. The number of nitrogens with one attached hydrogen (secondary N) is 1. The van der Waals surface area contributed by atoms with Gasteiger partial charge in [-0.1, -0.05) is 24.3 Å². The lowest BCUT2D eigenvalue weighted by Crippen LogP contribution is -2.47. The fraction of sp³-hybridized carbons (Fsp3) is 0.355. The van der Waals surface area contributed by atoms with Crippen LogP contribution in [-0.2, 0) is 6.42 Å². The maximum Gasteiger partial charge on any atom is 0.144 e. The molecule has 1 saturated heterocycles. The zero-order valence-corrected chi connectivity index (χ0v) is 24.3. The molecule has 4 rings (SSSR count). The molecule has 2 aliphatic heterocycles. The number of hydrogen-bond acceptors (Lipinski definition) is 6. The second-order valence-corrected chi connectivity index (χ2v) is 10.5. The zero-order chi connectivity index (χ0) is 28.3. The minimum Gasteiger partial charge on any atom is -0.464 e. The van der Waals surface area contributed by atoms with Gasteiger partial charge in [-0.2, -0.15) is 0 Å². The predicted octanol–water partition coefficient (Wildman–Crippen LogP) is 4.68. The molecule has 5 atom stereocenters. The van der Waals surface area contributed by atoms with Crippen LogP contribution >= 0.6 is 9.24 Å². The Kier molecular flexibility index (Phi) is 10.8. The first-order valence-electron chi connectivity index (χ1n) is 13.6. The number of aromatic nitrogens is 1. The molecule has 0 radical (unpaired) electrons. The van der Waals surface area contributed by atoms with Crippen LogP contribution in [0.25, 0.3) is 0 Å². The molecular weight excluding hydrogens is 522 g/mol. The van der Waals surface area contributed by atoms with E-state index >= 15 is 0 Å². The Balaban J connectivity index is 1.47. The summed E-state index contributed by atoms with van der Waals surface area (Å²) in [7, 11) is 4.42. The molecule has 1 fully saturated rings. The van der Waals surface area contributed by atoms with Crippen molar-refractivity contribution in [2.45, 2.75) is 56.8 Å². The summed E-state index contributed by atoms with van der Waals surface area (Å²) in [6, 6.07) is 8.51. The number of allylic oxidation sites excluding steroid dienone is 1. The number of nitrogens with zero attached hydrogens (tertiary/aromatic N) is 5. The maximum atomic E-state index is 14.5. The summed E-state index contributed by atoms with van der Waals surface area (Å²) in [6.45, 7) is 6.68. The van der Waals surface area contributed by atoms with Gasteiger partial charge in [0.15, 0.2) is 0 Å². The number of likely N-dealkylation sites (tertiary alicyclic amines) is 1. The van der Waals surface area contributed by atoms with Crippen molar-refractivity contribution >= 4 is 32.9 Å². The Morgan fingerprint density at radius 2 is 2.25 bits per heavy atom. The summed E-state index contributed by atoms with van der Waals surface area (Å²) in [5.74, 6) is 2.14. The second kappa shape index (κ2) is 14.7. The number of dihydropyridines is 1. The van der Waals surface area contributed by atoms with Gasteiger partial charge in [0, 0.05) is 31.9 Å². The van der Waals surface area contributed by atoms with E-state index < -0.39 is 0 Å². The van der Waals surface area contributed by atoms with Gasteiger partial charge in [0.1, 0.15) is 29.3 Å². The lowest BCUT2D eigenvalue weighted by atomic mass is 10.0. The van der Waals surface area contributed by atoms with Crippen LogP contribution in [0.4, 0.5) is 4.39 Å². The fourth-order valence-electron chi connectivity index (χ4n) is 5.10. The summed E-state index contributed by atoms with van der Waals surface area (Å²) in [6.07, 6.45) is 18.5. The highest BCUT2D eigenvalue weighted by atomic mass is 31.0. The number of ether oxygens (including phenoxy) is 1. The largest absolute Gasteiger partial charge is 0.464 e. The van der Waals surface area contributed by atoms with E-state index in [0.717, 1.165) is 41.9 Å². The van der Waals surface area contributed by atoms with Crippen molar-refractivity contribution < 1.29 is 9.13 Å². The molecule has 5 unspecified atom stereocenters. The minimum atomic E-state index is -0.334. The minimum absolute atomic E-state index is 0.0193. The predicted molar refractivity (Wildman–Crippen MR) is 167 cm³/mol. The Morgan fingerprint density at radius 3 is 3.00 bits per heavy atom. The van der Waals surface area contributed by atoms with E-state index in [1.807, 2.05) is 49.4 Å². The molecule has 1 aromatic carbocycles. The molecule has 210 valence electrons. The van der Waals surface area contributed by atoms with E-state index in [1.54, 1.807) is 37.8 Å². The van der Waals surface area contributed by atoms with E-state index in [-0.39, 0.29) is 30.0 Å². The Bertz CT molecular complexity index is 1290. The van der Waals surface area contributed by atoms with Gasteiger partial charge >= 0.3 is 0 Å². The Hall–Kier alpha value is -3.64. The van der Waals surface area contributed by atoms with Crippen molar-refractivity contribution in [3.8, 4) is 5.75 Å². The molecule has 0 bridgehead atoms. The van der Waals surface area contributed by atoms with Gasteiger partial charge in [0.25, 0.3) is 0 Å². The van der Waals surface area contributed by atoms with Crippen LogP contribution in [0, 0.1) is 5.82 Å². The van der Waals surface area contributed by atoms with Crippen molar-refractivity contribution in [1.82, 2.24) is 15.2 Å². The smallest absolute Gasteiger partial charge is 0.144 e. The summed E-state index contributed by atoms with van der Waals surface area (Å²) in [5, 5.41) is 4.54. The SMILES string of the molecule is C=NC1C=CC(N2CCCC2Cc2cc(P)ccc2F)=NC1C(=NC)NC(/C=C\C)C/C=C/Oc1cccnc1. The van der Waals surface area contributed by atoms with Crippen LogP contribution in [0.1, 0.15) is 31.7 Å². The van der Waals surface area contributed by atoms with E-state index in [0.29, 0.717) is 18.6 Å². The third-order valence-electron chi connectivity index (χ3n) is 7.05. The van der Waals surface area contributed by atoms with E-state index in [9.17, 15) is 4.39 Å². The highest BCUT2D eigenvalue weighted by Gasteiger charge is 2.33. The zero-order valence-electron chi connectivity index (χ0n) is 23.2. The number of rotatable bonds is 10. The van der Waals surface area contributed by atoms with Gasteiger partial charge in [-0.15, -0.1) is 9.24 Å². The number of halogens is 1. The summed E-state index contributed by atoms with van der Waals surface area (Å²) in [5.41, 5.74) is 0.735. The second-order valence-electron chi connectivity index (χ2n) is 9.81. The average Bonchev–Trinajstić information content (AvgIpc) is 3.44. The highest BCUT2D eigenvalue weighted by molar-refractivity contribution is 7.27. The third-order valence-corrected chi connectivity index (χ3v) is 7.41. The van der Waals surface area contributed by atoms with Crippen molar-refractivity contribution in [2.75, 3.05) is 13.6 Å². The van der Waals surface area contributed by atoms with Crippen molar-refractivity contribution in [3.05, 3.63) is 90.7 Å². The fourth-order valence-corrected chi connectivity index (χ4v) is 5.39. The highest BCUT2D eigenvalue weighted by Crippen LogP contribution is 2.26. The van der Waals surface area contributed by atoms with Gasteiger partial charge in [-0.05, 0) is 86.6 Å². The van der Waals surface area contributed by atoms with Crippen molar-refractivity contribution in [3.63, 3.8) is 0 Å². The molecule has 0 aliphatic carbocycles. The van der Waals surface area contributed by atoms with Crippen molar-refractivity contribution in [2.24, 2.45) is 15.0 Å². The molecule has 0 amide bonds. The van der Waals surface area contributed by atoms with Gasteiger partial charge in [0.05, 0.1) is 18.5 Å². The van der Waals surface area contributed by atoms with E-state index in [4.69, 9.17) is 9.73 Å². The number of pyridine rings is 1. The molecule has 1 aromatic heterocycles. The molecule has 0 saturated carbocycles. The lowest BCUT2D eigenvalue weighted by Gasteiger charge is -2.32. The summed E-state index contributed by atoms with van der Waals surface area (Å²) < 4.78 is 20.2. The number of amidine groups is 2. The van der Waals surface area contributed by atoms with Crippen LogP contribution in [0.2, 0.25) is 0 Å². The third kappa shape index (κ3) is 7.72. The van der Waals surface area contributed by atoms with E-state index in [1.165, 1.54) is 0 Å². The van der Waals surface area contributed by atoms with Gasteiger partial charge < -0.3 is 15.0 Å². The molecule has 1 N–H and O–H groups in total. The number of aliphatic imine (C=N–C) groups is 3. The number of hydrogen-bond donors (Lipinski definition) is 1. The van der Waals surface area contributed by atoms with Gasteiger partial charge in [0.2, 0.25) is 0 Å². The topological polar surface area (TPSA) is 74.5 Å². The molecule has 2 aromatic rings. The molecule has 3 heterocycles. The first kappa shape index (κ1) is 29.3. The quantitative estimate of drug-likeness (QED) is 0.151. The van der Waals surface area contributed by atoms with Crippen LogP contribution in [0.3, 0.4) is 0 Å². The average molecular weight is 561 g/mol. The summed E-state index contributed by atoms with van der Waals surface area (Å²) in [4.78, 5) is 20.4. The molecule has 2 aliphatic rings. The maximum absolute atomic E-state index is 14.5. The van der Waals surface area contributed by atoms with Crippen molar-refractivity contribution in [1.29, 1.82) is 0 Å². The van der Waals surface area contributed by atoms with Crippen LogP contribution in [-0.4, -0.2) is 66.0 Å². The van der Waals surface area contributed by atoms with E-state index in [2.05, 4.69) is 47.2 Å².